The van der Waals surface area contributed by atoms with E-state index >= 15 is 0 Å². The zero-order chi connectivity index (χ0) is 13.1. The lowest BCUT2D eigenvalue weighted by Gasteiger charge is -2.14. The van der Waals surface area contributed by atoms with Gasteiger partial charge in [-0.1, -0.05) is 0 Å². The van der Waals surface area contributed by atoms with E-state index in [1.54, 1.807) is 18.7 Å². The summed E-state index contributed by atoms with van der Waals surface area (Å²) in [6, 6.07) is -0.445. The maximum absolute atomic E-state index is 11.8. The summed E-state index contributed by atoms with van der Waals surface area (Å²) in [6.07, 6.45) is 0. The van der Waals surface area contributed by atoms with E-state index in [1.807, 2.05) is 0 Å². The fourth-order valence-electron chi connectivity index (χ4n) is 1.52. The third-order valence-corrected chi connectivity index (χ3v) is 4.47. The molecule has 2 rings (SSSR count). The van der Waals surface area contributed by atoms with Crippen LogP contribution in [0.3, 0.4) is 0 Å². The van der Waals surface area contributed by atoms with Crippen LogP contribution in [-0.2, 0) is 4.79 Å². The maximum Gasteiger partial charge on any atom is 0.355 e. The zero-order valence-corrected chi connectivity index (χ0v) is 11.3. The quantitative estimate of drug-likeness (QED) is 0.754. The van der Waals surface area contributed by atoms with Crippen LogP contribution in [0.2, 0.25) is 0 Å². The third kappa shape index (κ3) is 3.01. The first-order chi connectivity index (χ1) is 8.58. The van der Waals surface area contributed by atoms with E-state index in [-0.39, 0.29) is 23.7 Å². The highest BCUT2D eigenvalue weighted by atomic mass is 32.2. The summed E-state index contributed by atoms with van der Waals surface area (Å²) >= 11 is 2.92. The van der Waals surface area contributed by atoms with Crippen molar-refractivity contribution in [3.8, 4) is 0 Å². The number of hydrogen-bond donors (Lipinski definition) is 3. The molecule has 0 aliphatic carbocycles. The highest BCUT2D eigenvalue weighted by Crippen LogP contribution is 2.18. The van der Waals surface area contributed by atoms with Crippen LogP contribution < -0.4 is 10.6 Å². The highest BCUT2D eigenvalue weighted by molar-refractivity contribution is 7.99. The Balaban J connectivity index is 1.95. The molecule has 0 spiro atoms. The third-order valence-electron chi connectivity index (χ3n) is 2.50. The van der Waals surface area contributed by atoms with Crippen molar-refractivity contribution in [3.63, 3.8) is 0 Å². The molecule has 1 aliphatic rings. The van der Waals surface area contributed by atoms with Gasteiger partial charge >= 0.3 is 5.97 Å². The van der Waals surface area contributed by atoms with E-state index in [0.717, 1.165) is 11.6 Å². The van der Waals surface area contributed by atoms with E-state index in [0.29, 0.717) is 5.01 Å². The fourth-order valence-corrected chi connectivity index (χ4v) is 3.27. The minimum Gasteiger partial charge on any atom is -0.476 e. The predicted molar refractivity (Wildman–Crippen MR) is 69.9 cm³/mol. The van der Waals surface area contributed by atoms with Crippen molar-refractivity contribution in [1.29, 1.82) is 0 Å². The number of thioether (sulfide) groups is 1. The summed E-state index contributed by atoms with van der Waals surface area (Å²) in [5, 5.41) is 16.8. The van der Waals surface area contributed by atoms with Gasteiger partial charge in [0.15, 0.2) is 5.69 Å². The van der Waals surface area contributed by atoms with E-state index in [9.17, 15) is 9.59 Å². The van der Waals surface area contributed by atoms with Crippen LogP contribution in [0.15, 0.2) is 5.38 Å². The smallest absolute Gasteiger partial charge is 0.355 e. The van der Waals surface area contributed by atoms with Crippen LogP contribution in [0, 0.1) is 0 Å². The van der Waals surface area contributed by atoms with E-state index in [1.165, 1.54) is 16.7 Å². The lowest BCUT2D eigenvalue weighted by atomic mass is 10.2. The van der Waals surface area contributed by atoms with Gasteiger partial charge in [0.1, 0.15) is 5.01 Å². The van der Waals surface area contributed by atoms with Crippen molar-refractivity contribution in [3.05, 3.63) is 16.1 Å². The standard InChI is InChI=1S/C10H13N3O3S2/c1-5(9-13-7(3-18-9)10(15)16)12-8(14)6-2-17-4-11-6/h3,5-6,11H,2,4H2,1H3,(H,12,14)(H,15,16). The summed E-state index contributed by atoms with van der Waals surface area (Å²) < 4.78 is 0. The van der Waals surface area contributed by atoms with Gasteiger partial charge in [-0.2, -0.15) is 0 Å². The first-order valence-corrected chi connectivity index (χ1v) is 7.41. The van der Waals surface area contributed by atoms with Crippen LogP contribution >= 0.6 is 23.1 Å². The predicted octanol–water partition coefficient (Wildman–Crippen LogP) is 0.681. The first-order valence-electron chi connectivity index (χ1n) is 5.38. The minimum absolute atomic E-state index is 0.0191. The molecular formula is C10H13N3O3S2. The van der Waals surface area contributed by atoms with Gasteiger partial charge in [0.05, 0.1) is 12.1 Å². The molecule has 1 amide bonds. The molecule has 8 heteroatoms. The Morgan fingerprint density at radius 2 is 2.44 bits per heavy atom. The highest BCUT2D eigenvalue weighted by Gasteiger charge is 2.24. The molecule has 1 saturated heterocycles. The van der Waals surface area contributed by atoms with Crippen molar-refractivity contribution >= 4 is 35.0 Å². The number of carboxylic acid groups (broad SMARTS) is 1. The number of carboxylic acids is 1. The van der Waals surface area contributed by atoms with Gasteiger partial charge in [-0.05, 0) is 6.92 Å². The van der Waals surface area contributed by atoms with Crippen LogP contribution in [-0.4, -0.2) is 39.6 Å². The van der Waals surface area contributed by atoms with E-state index in [4.69, 9.17) is 5.11 Å². The lowest BCUT2D eigenvalue weighted by molar-refractivity contribution is -0.123. The molecule has 0 radical (unpaired) electrons. The molecule has 0 saturated carbocycles. The fraction of sp³-hybridized carbons (Fsp3) is 0.500. The van der Waals surface area contributed by atoms with Gasteiger partial charge in [0, 0.05) is 17.0 Å². The van der Waals surface area contributed by atoms with Crippen molar-refractivity contribution in [2.24, 2.45) is 0 Å². The molecule has 2 atom stereocenters. The molecule has 1 aromatic heterocycles. The summed E-state index contributed by atoms with van der Waals surface area (Å²) in [6.45, 7) is 1.80. The Morgan fingerprint density at radius 1 is 1.67 bits per heavy atom. The number of hydrogen-bond acceptors (Lipinski definition) is 6. The molecule has 2 unspecified atom stereocenters. The number of nitrogens with one attached hydrogen (secondary N) is 2. The molecule has 3 N–H and O–H groups in total. The Kier molecular flexibility index (Phi) is 4.20. The number of thiazole rings is 1. The molecule has 2 heterocycles. The Labute approximate surface area is 112 Å². The molecule has 1 aliphatic heterocycles. The normalized spacial score (nSPS) is 20.6. The monoisotopic (exact) mass is 287 g/mol. The van der Waals surface area contributed by atoms with Gasteiger partial charge in [0.25, 0.3) is 0 Å². The molecule has 98 valence electrons. The number of rotatable bonds is 4. The van der Waals surface area contributed by atoms with Gasteiger partial charge in [0.2, 0.25) is 5.91 Å². The lowest BCUT2D eigenvalue weighted by Crippen LogP contribution is -2.42. The van der Waals surface area contributed by atoms with Crippen LogP contribution in [0.5, 0.6) is 0 Å². The van der Waals surface area contributed by atoms with Crippen LogP contribution in [0.1, 0.15) is 28.5 Å². The van der Waals surface area contributed by atoms with Crippen molar-refractivity contribution < 1.29 is 14.7 Å². The van der Waals surface area contributed by atoms with Crippen molar-refractivity contribution in [1.82, 2.24) is 15.6 Å². The molecule has 0 aromatic carbocycles. The number of aromatic nitrogens is 1. The van der Waals surface area contributed by atoms with Crippen LogP contribution in [0.4, 0.5) is 0 Å². The average Bonchev–Trinajstić information content (AvgIpc) is 3.00. The number of aromatic carboxylic acids is 1. The Hall–Kier alpha value is -1.12. The second kappa shape index (κ2) is 5.68. The molecule has 18 heavy (non-hydrogen) atoms. The van der Waals surface area contributed by atoms with Crippen LogP contribution in [0.25, 0.3) is 0 Å². The molecular weight excluding hydrogens is 274 g/mol. The summed E-state index contributed by atoms with van der Waals surface area (Å²) in [5.41, 5.74) is 0.0191. The summed E-state index contributed by atoms with van der Waals surface area (Å²) in [7, 11) is 0. The number of nitrogens with zero attached hydrogens (tertiary/aromatic N) is 1. The molecule has 0 bridgehead atoms. The van der Waals surface area contributed by atoms with Crippen molar-refractivity contribution in [2.75, 3.05) is 11.6 Å². The SMILES string of the molecule is CC(NC(=O)C1CSCN1)c1nc(C(=O)O)cs1. The number of amides is 1. The summed E-state index contributed by atoms with van der Waals surface area (Å²) in [5.74, 6) is 0.424. The second-order valence-electron chi connectivity index (χ2n) is 3.88. The van der Waals surface area contributed by atoms with E-state index in [2.05, 4.69) is 15.6 Å². The Morgan fingerprint density at radius 3 is 3.00 bits per heavy atom. The van der Waals surface area contributed by atoms with Gasteiger partial charge < -0.3 is 10.4 Å². The largest absolute Gasteiger partial charge is 0.476 e. The maximum atomic E-state index is 11.8. The molecule has 6 nitrogen and oxygen atoms in total. The zero-order valence-electron chi connectivity index (χ0n) is 9.67. The van der Waals surface area contributed by atoms with E-state index < -0.39 is 5.97 Å². The average molecular weight is 287 g/mol. The topological polar surface area (TPSA) is 91.3 Å². The van der Waals surface area contributed by atoms with Gasteiger partial charge in [-0.15, -0.1) is 23.1 Å². The Bertz CT molecular complexity index is 457. The minimum atomic E-state index is -1.05. The molecule has 1 fully saturated rings. The van der Waals surface area contributed by atoms with Gasteiger partial charge in [-0.25, -0.2) is 9.78 Å². The number of carbonyl (C=O) groups is 2. The summed E-state index contributed by atoms with van der Waals surface area (Å²) in [4.78, 5) is 26.5. The molecule has 1 aromatic rings. The van der Waals surface area contributed by atoms with Gasteiger partial charge in [-0.3, -0.25) is 10.1 Å². The first kappa shape index (κ1) is 13.3. The number of carbonyl (C=O) groups excluding carboxylic acids is 1. The van der Waals surface area contributed by atoms with Crippen molar-refractivity contribution in [2.45, 2.75) is 19.0 Å². The second-order valence-corrected chi connectivity index (χ2v) is 5.80.